The highest BCUT2D eigenvalue weighted by Gasteiger charge is 2.26. The largest absolute Gasteiger partial charge is 0.307 e. The van der Waals surface area contributed by atoms with E-state index in [1.807, 2.05) is 6.07 Å². The van der Waals surface area contributed by atoms with Crippen LogP contribution < -0.4 is 5.56 Å². The lowest BCUT2D eigenvalue weighted by Crippen LogP contribution is -2.05. The second kappa shape index (κ2) is 2.22. The number of rotatable bonds is 1. The molecule has 13 heavy (non-hydrogen) atoms. The van der Waals surface area contributed by atoms with Crippen LogP contribution in [0.1, 0.15) is 24.5 Å². The average Bonchev–Trinajstić information content (AvgIpc) is 2.87. The maximum atomic E-state index is 11.0. The minimum Gasteiger partial charge on any atom is -0.307 e. The summed E-state index contributed by atoms with van der Waals surface area (Å²) in [5.74, 6) is 0.628. The van der Waals surface area contributed by atoms with Crippen molar-refractivity contribution in [1.82, 2.24) is 14.6 Å². The van der Waals surface area contributed by atoms with Crippen LogP contribution in [0.4, 0.5) is 0 Å². The highest BCUT2D eigenvalue weighted by atomic mass is 16.1. The Labute approximate surface area is 74.2 Å². The summed E-state index contributed by atoms with van der Waals surface area (Å²) in [4.78, 5) is 13.7. The Balaban J connectivity index is 2.26. The molecule has 0 spiro atoms. The predicted octanol–water partition coefficient (Wildman–Crippen LogP) is 0.900. The third-order valence-electron chi connectivity index (χ3n) is 2.37. The van der Waals surface area contributed by atoms with Crippen LogP contribution in [0.15, 0.2) is 23.1 Å². The SMILES string of the molecule is O=c1ccn2nc(C3CC3)cc2[nH]1. The Hall–Kier alpha value is -1.58. The number of nitrogens with zero attached hydrogens (tertiary/aromatic N) is 2. The summed E-state index contributed by atoms with van der Waals surface area (Å²) in [7, 11) is 0. The molecule has 4 heteroatoms. The predicted molar refractivity (Wildman–Crippen MR) is 47.8 cm³/mol. The van der Waals surface area contributed by atoms with Crippen molar-refractivity contribution in [1.29, 1.82) is 0 Å². The Kier molecular flexibility index (Phi) is 1.17. The highest BCUT2D eigenvalue weighted by Crippen LogP contribution is 2.39. The van der Waals surface area contributed by atoms with Gasteiger partial charge in [-0.15, -0.1) is 0 Å². The minimum absolute atomic E-state index is 0.0743. The zero-order valence-corrected chi connectivity index (χ0v) is 7.03. The number of aromatic nitrogens is 3. The molecule has 3 rings (SSSR count). The van der Waals surface area contributed by atoms with Gasteiger partial charge in [-0.05, 0) is 12.8 Å². The summed E-state index contributed by atoms with van der Waals surface area (Å²) in [5, 5.41) is 4.36. The van der Waals surface area contributed by atoms with E-state index in [1.165, 1.54) is 18.9 Å². The average molecular weight is 175 g/mol. The Bertz CT molecular complexity index is 507. The van der Waals surface area contributed by atoms with Gasteiger partial charge in [0.15, 0.2) is 0 Å². The first-order valence-corrected chi connectivity index (χ1v) is 4.41. The van der Waals surface area contributed by atoms with E-state index in [2.05, 4.69) is 10.1 Å². The van der Waals surface area contributed by atoms with Crippen LogP contribution >= 0.6 is 0 Å². The lowest BCUT2D eigenvalue weighted by atomic mass is 10.3. The number of aromatic amines is 1. The quantitative estimate of drug-likeness (QED) is 0.700. The van der Waals surface area contributed by atoms with Crippen molar-refractivity contribution in [3.05, 3.63) is 34.4 Å². The van der Waals surface area contributed by atoms with Crippen LogP contribution in [0.5, 0.6) is 0 Å². The molecule has 1 saturated carbocycles. The van der Waals surface area contributed by atoms with Gasteiger partial charge in [0.25, 0.3) is 5.56 Å². The smallest absolute Gasteiger partial charge is 0.251 e. The summed E-state index contributed by atoms with van der Waals surface area (Å²) >= 11 is 0. The minimum atomic E-state index is -0.0743. The molecule has 4 nitrogen and oxygen atoms in total. The molecule has 2 aromatic heterocycles. The van der Waals surface area contributed by atoms with Crippen molar-refractivity contribution < 1.29 is 0 Å². The Morgan fingerprint density at radius 3 is 3.15 bits per heavy atom. The first-order chi connectivity index (χ1) is 6.33. The van der Waals surface area contributed by atoms with Gasteiger partial charge in [0.1, 0.15) is 5.65 Å². The first-order valence-electron chi connectivity index (χ1n) is 4.41. The van der Waals surface area contributed by atoms with Crippen LogP contribution in [0.25, 0.3) is 5.65 Å². The normalized spacial score (nSPS) is 16.6. The molecule has 0 radical (unpaired) electrons. The molecule has 0 bridgehead atoms. The molecule has 0 atom stereocenters. The topological polar surface area (TPSA) is 50.2 Å². The standard InChI is InChI=1S/C9H9N3O/c13-9-3-4-12-8(10-9)5-7(11-12)6-1-2-6/h3-6H,1-2H2,(H,10,13). The van der Waals surface area contributed by atoms with Gasteiger partial charge in [0.2, 0.25) is 0 Å². The second-order valence-electron chi connectivity index (χ2n) is 3.48. The molecular formula is C9H9N3O. The van der Waals surface area contributed by atoms with Gasteiger partial charge in [0.05, 0.1) is 5.69 Å². The van der Waals surface area contributed by atoms with Crippen molar-refractivity contribution in [2.75, 3.05) is 0 Å². The lowest BCUT2D eigenvalue weighted by molar-refractivity contribution is 0.877. The van der Waals surface area contributed by atoms with Crippen LogP contribution in [-0.2, 0) is 0 Å². The molecule has 66 valence electrons. The van der Waals surface area contributed by atoms with Gasteiger partial charge in [-0.2, -0.15) is 5.10 Å². The van der Waals surface area contributed by atoms with E-state index >= 15 is 0 Å². The zero-order valence-electron chi connectivity index (χ0n) is 7.03. The summed E-state index contributed by atoms with van der Waals surface area (Å²) < 4.78 is 1.72. The molecule has 2 aromatic rings. The van der Waals surface area contributed by atoms with Crippen molar-refractivity contribution in [2.45, 2.75) is 18.8 Å². The molecule has 0 unspecified atom stereocenters. The van der Waals surface area contributed by atoms with Crippen molar-refractivity contribution in [2.24, 2.45) is 0 Å². The maximum Gasteiger partial charge on any atom is 0.251 e. The number of nitrogens with one attached hydrogen (secondary N) is 1. The third kappa shape index (κ3) is 1.06. The van der Waals surface area contributed by atoms with Crippen molar-refractivity contribution in [3.8, 4) is 0 Å². The lowest BCUT2D eigenvalue weighted by Gasteiger charge is -1.88. The number of H-pyrrole nitrogens is 1. The Morgan fingerprint density at radius 1 is 1.54 bits per heavy atom. The van der Waals surface area contributed by atoms with Gasteiger partial charge < -0.3 is 4.98 Å². The van der Waals surface area contributed by atoms with E-state index < -0.39 is 0 Å². The molecule has 0 amide bonds. The summed E-state index contributed by atoms with van der Waals surface area (Å²) in [6, 6.07) is 3.44. The number of hydrogen-bond acceptors (Lipinski definition) is 2. The summed E-state index contributed by atoms with van der Waals surface area (Å²) in [6.45, 7) is 0. The van der Waals surface area contributed by atoms with Gasteiger partial charge in [-0.1, -0.05) is 0 Å². The fourth-order valence-electron chi connectivity index (χ4n) is 1.51. The molecule has 1 aliphatic rings. The summed E-state index contributed by atoms with van der Waals surface area (Å²) in [6.07, 6.45) is 4.16. The monoisotopic (exact) mass is 175 g/mol. The molecule has 0 saturated heterocycles. The molecule has 0 aromatic carbocycles. The number of fused-ring (bicyclic) bond motifs is 1. The third-order valence-corrected chi connectivity index (χ3v) is 2.37. The second-order valence-corrected chi connectivity index (χ2v) is 3.48. The van der Waals surface area contributed by atoms with Crippen molar-refractivity contribution in [3.63, 3.8) is 0 Å². The van der Waals surface area contributed by atoms with E-state index in [1.54, 1.807) is 10.7 Å². The maximum absolute atomic E-state index is 11.0. The van der Waals surface area contributed by atoms with Gasteiger partial charge in [-0.3, -0.25) is 4.79 Å². The van der Waals surface area contributed by atoms with Gasteiger partial charge >= 0.3 is 0 Å². The first kappa shape index (κ1) is 6.88. The van der Waals surface area contributed by atoms with Crippen molar-refractivity contribution >= 4 is 5.65 Å². The zero-order chi connectivity index (χ0) is 8.84. The number of hydrogen-bond donors (Lipinski definition) is 1. The fourth-order valence-corrected chi connectivity index (χ4v) is 1.51. The van der Waals surface area contributed by atoms with E-state index in [4.69, 9.17) is 0 Å². The molecule has 1 fully saturated rings. The van der Waals surface area contributed by atoms with E-state index in [0.29, 0.717) is 5.92 Å². The van der Waals surface area contributed by atoms with Crippen LogP contribution in [0, 0.1) is 0 Å². The fraction of sp³-hybridized carbons (Fsp3) is 0.333. The molecule has 1 aliphatic carbocycles. The molecule has 2 heterocycles. The van der Waals surface area contributed by atoms with Crippen LogP contribution in [0.3, 0.4) is 0 Å². The van der Waals surface area contributed by atoms with Crippen LogP contribution in [-0.4, -0.2) is 14.6 Å². The molecule has 1 N–H and O–H groups in total. The Morgan fingerprint density at radius 2 is 2.38 bits per heavy atom. The van der Waals surface area contributed by atoms with Gasteiger partial charge in [0, 0.05) is 24.2 Å². The van der Waals surface area contributed by atoms with Gasteiger partial charge in [-0.25, -0.2) is 4.52 Å². The van der Waals surface area contributed by atoms with E-state index in [0.717, 1.165) is 11.3 Å². The summed E-state index contributed by atoms with van der Waals surface area (Å²) in [5.41, 5.74) is 1.81. The molecular weight excluding hydrogens is 166 g/mol. The van der Waals surface area contributed by atoms with E-state index in [-0.39, 0.29) is 5.56 Å². The molecule has 0 aliphatic heterocycles. The van der Waals surface area contributed by atoms with E-state index in [9.17, 15) is 4.79 Å². The van der Waals surface area contributed by atoms with Crippen LogP contribution in [0.2, 0.25) is 0 Å². The highest BCUT2D eigenvalue weighted by molar-refractivity contribution is 5.40.